The fourth-order valence-corrected chi connectivity index (χ4v) is 8.51. The number of hydrogen-bond donors (Lipinski definition) is 0. The topological polar surface area (TPSA) is 78.9 Å². The van der Waals surface area contributed by atoms with Crippen LogP contribution in [0.1, 0.15) is 303 Å². The first kappa shape index (κ1) is 66.1. The number of esters is 3. The van der Waals surface area contributed by atoms with E-state index in [4.69, 9.17) is 14.2 Å². The molecule has 400 valence electrons. The highest BCUT2D eigenvalue weighted by Gasteiger charge is 2.19. The van der Waals surface area contributed by atoms with Gasteiger partial charge in [0.25, 0.3) is 0 Å². The Morgan fingerprint density at radius 3 is 0.971 bits per heavy atom. The monoisotopic (exact) mass is 965 g/mol. The summed E-state index contributed by atoms with van der Waals surface area (Å²) in [5.41, 5.74) is 0. The van der Waals surface area contributed by atoms with Gasteiger partial charge in [-0.3, -0.25) is 14.4 Å². The summed E-state index contributed by atoms with van der Waals surface area (Å²) in [6, 6.07) is 0. The van der Waals surface area contributed by atoms with Crippen LogP contribution >= 0.6 is 0 Å². The Balaban J connectivity index is 4.42. The highest BCUT2D eigenvalue weighted by atomic mass is 16.6. The molecule has 0 fully saturated rings. The molecule has 1 unspecified atom stereocenters. The maximum atomic E-state index is 12.8. The molecule has 0 heterocycles. The molecule has 6 nitrogen and oxygen atoms in total. The van der Waals surface area contributed by atoms with E-state index in [0.29, 0.717) is 19.3 Å². The molecule has 0 saturated carbocycles. The van der Waals surface area contributed by atoms with Crippen molar-refractivity contribution >= 4 is 17.9 Å². The van der Waals surface area contributed by atoms with E-state index in [9.17, 15) is 14.4 Å². The average molecular weight is 966 g/mol. The van der Waals surface area contributed by atoms with Crippen LogP contribution in [0.2, 0.25) is 0 Å². The molecule has 0 amide bonds. The predicted molar refractivity (Wildman–Crippen MR) is 298 cm³/mol. The molecule has 0 aromatic rings. The lowest BCUT2D eigenvalue weighted by Crippen LogP contribution is -2.30. The van der Waals surface area contributed by atoms with E-state index in [1.54, 1.807) is 0 Å². The summed E-state index contributed by atoms with van der Waals surface area (Å²) in [5, 5.41) is 0. The van der Waals surface area contributed by atoms with Gasteiger partial charge in [-0.2, -0.15) is 0 Å². The molecule has 0 aromatic carbocycles. The zero-order chi connectivity index (χ0) is 50.0. The second-order valence-corrected chi connectivity index (χ2v) is 19.9. The van der Waals surface area contributed by atoms with Gasteiger partial charge in [-0.1, -0.05) is 268 Å². The van der Waals surface area contributed by atoms with Crippen molar-refractivity contribution in [3.8, 4) is 0 Å². The Labute approximate surface area is 428 Å². The Morgan fingerprint density at radius 1 is 0.304 bits per heavy atom. The van der Waals surface area contributed by atoms with Crippen LogP contribution in [0.4, 0.5) is 0 Å². The van der Waals surface area contributed by atoms with Crippen molar-refractivity contribution in [2.45, 2.75) is 309 Å². The summed E-state index contributed by atoms with van der Waals surface area (Å²) >= 11 is 0. The van der Waals surface area contributed by atoms with Crippen molar-refractivity contribution < 1.29 is 28.6 Å². The Morgan fingerprint density at radius 2 is 0.580 bits per heavy atom. The summed E-state index contributed by atoms with van der Waals surface area (Å²) in [4.78, 5) is 38.2. The Bertz CT molecular complexity index is 1250. The lowest BCUT2D eigenvalue weighted by molar-refractivity contribution is -0.167. The van der Waals surface area contributed by atoms with Crippen LogP contribution in [0.5, 0.6) is 0 Å². The quantitative estimate of drug-likeness (QED) is 0.0199. The predicted octanol–water partition coefficient (Wildman–Crippen LogP) is 20.0. The van der Waals surface area contributed by atoms with E-state index >= 15 is 0 Å². The van der Waals surface area contributed by atoms with Gasteiger partial charge in [0, 0.05) is 19.3 Å². The molecule has 69 heavy (non-hydrogen) atoms. The number of ether oxygens (including phenoxy) is 3. The van der Waals surface area contributed by atoms with E-state index in [0.717, 1.165) is 64.2 Å². The molecule has 0 spiro atoms. The van der Waals surface area contributed by atoms with Crippen LogP contribution in [0.3, 0.4) is 0 Å². The van der Waals surface area contributed by atoms with Crippen molar-refractivity contribution in [3.05, 3.63) is 60.8 Å². The van der Waals surface area contributed by atoms with Gasteiger partial charge in [-0.05, 0) is 77.0 Å². The summed E-state index contributed by atoms with van der Waals surface area (Å²) < 4.78 is 16.8. The minimum Gasteiger partial charge on any atom is -0.462 e. The summed E-state index contributed by atoms with van der Waals surface area (Å²) in [6.07, 6.45) is 72.2. The van der Waals surface area contributed by atoms with Crippen LogP contribution in [-0.2, 0) is 28.6 Å². The third-order valence-electron chi connectivity index (χ3n) is 13.0. The van der Waals surface area contributed by atoms with E-state index in [-0.39, 0.29) is 37.5 Å². The molecular formula is C63H112O6. The SMILES string of the molecule is CCCCC/C=C\C=C/CCCCCCCCC(=O)OCC(COC(=O)CCCCCCCCCCCCCCCCCCCCC)OC(=O)CCC/C=C\C/C=C\C/C=C\CCCCCCCC. The molecule has 0 aliphatic heterocycles. The van der Waals surface area contributed by atoms with Crippen molar-refractivity contribution in [2.75, 3.05) is 13.2 Å². The highest BCUT2D eigenvalue weighted by Crippen LogP contribution is 2.16. The van der Waals surface area contributed by atoms with Crippen LogP contribution < -0.4 is 0 Å². The molecule has 6 heteroatoms. The van der Waals surface area contributed by atoms with Gasteiger partial charge in [-0.15, -0.1) is 0 Å². The number of hydrogen-bond acceptors (Lipinski definition) is 6. The van der Waals surface area contributed by atoms with E-state index in [1.807, 2.05) is 0 Å². The normalized spacial score (nSPS) is 12.4. The summed E-state index contributed by atoms with van der Waals surface area (Å²) in [7, 11) is 0. The number of rotatable bonds is 54. The largest absolute Gasteiger partial charge is 0.462 e. The number of unbranched alkanes of at least 4 members (excludes halogenated alkanes) is 34. The molecule has 0 bridgehead atoms. The van der Waals surface area contributed by atoms with Gasteiger partial charge < -0.3 is 14.2 Å². The maximum absolute atomic E-state index is 12.8. The first-order chi connectivity index (χ1) is 34.0. The molecule has 0 aromatic heterocycles. The molecule has 0 saturated heterocycles. The zero-order valence-corrected chi connectivity index (χ0v) is 45.8. The Hall–Kier alpha value is -2.89. The van der Waals surface area contributed by atoms with Crippen LogP contribution in [0, 0.1) is 0 Å². The third kappa shape index (κ3) is 55.9. The first-order valence-corrected chi connectivity index (χ1v) is 29.8. The average Bonchev–Trinajstić information content (AvgIpc) is 3.35. The van der Waals surface area contributed by atoms with Gasteiger partial charge in [0.05, 0.1) is 0 Å². The first-order valence-electron chi connectivity index (χ1n) is 29.8. The highest BCUT2D eigenvalue weighted by molar-refractivity contribution is 5.71. The van der Waals surface area contributed by atoms with E-state index in [1.165, 1.54) is 193 Å². The van der Waals surface area contributed by atoms with Crippen molar-refractivity contribution in [1.29, 1.82) is 0 Å². The molecular weight excluding hydrogens is 853 g/mol. The van der Waals surface area contributed by atoms with Crippen molar-refractivity contribution in [2.24, 2.45) is 0 Å². The molecule has 1 atom stereocenters. The molecule has 0 aliphatic rings. The standard InChI is InChI=1S/C63H112O6/c1-4-7-10-13-16-19-22-25-28-30-31-33-35-38-41-44-47-50-53-56-62(65)68-59-60(58-67-61(64)55-52-49-46-43-40-37-34-27-24-21-18-15-12-9-6-3)69-63(66)57-54-51-48-45-42-39-36-32-29-26-23-20-17-14-11-8-5-2/h18,21,24,26-27,29,36,39,45,48,60H,4-17,19-20,22-23,25,28,30-35,37-38,40-44,46-47,49-59H2,1-3H3/b21-18-,27-24-,29-26-,39-36-,48-45-. The second kappa shape index (κ2) is 57.7. The summed E-state index contributed by atoms with van der Waals surface area (Å²) in [5.74, 6) is -0.947. The van der Waals surface area contributed by atoms with Gasteiger partial charge in [0.2, 0.25) is 0 Å². The fraction of sp³-hybridized carbons (Fsp3) is 0.794. The molecule has 0 radical (unpaired) electrons. The van der Waals surface area contributed by atoms with Crippen LogP contribution in [-0.4, -0.2) is 37.2 Å². The van der Waals surface area contributed by atoms with Crippen molar-refractivity contribution in [1.82, 2.24) is 0 Å². The molecule has 0 aliphatic carbocycles. The number of carbonyl (C=O) groups excluding carboxylic acids is 3. The van der Waals surface area contributed by atoms with Gasteiger partial charge in [0.1, 0.15) is 13.2 Å². The minimum atomic E-state index is -0.804. The Kier molecular flexibility index (Phi) is 55.3. The lowest BCUT2D eigenvalue weighted by Gasteiger charge is -2.18. The lowest BCUT2D eigenvalue weighted by atomic mass is 10.0. The number of allylic oxidation sites excluding steroid dienone is 10. The number of carbonyl (C=O) groups is 3. The van der Waals surface area contributed by atoms with E-state index in [2.05, 4.69) is 81.5 Å². The fourth-order valence-electron chi connectivity index (χ4n) is 8.51. The van der Waals surface area contributed by atoms with Gasteiger partial charge >= 0.3 is 17.9 Å². The zero-order valence-electron chi connectivity index (χ0n) is 45.8. The smallest absolute Gasteiger partial charge is 0.306 e. The maximum Gasteiger partial charge on any atom is 0.306 e. The molecule has 0 rings (SSSR count). The third-order valence-corrected chi connectivity index (χ3v) is 13.0. The van der Waals surface area contributed by atoms with Crippen LogP contribution in [0.15, 0.2) is 60.8 Å². The van der Waals surface area contributed by atoms with Crippen LogP contribution in [0.25, 0.3) is 0 Å². The second-order valence-electron chi connectivity index (χ2n) is 19.9. The molecule has 0 N–H and O–H groups in total. The van der Waals surface area contributed by atoms with Gasteiger partial charge in [0.15, 0.2) is 6.10 Å². The van der Waals surface area contributed by atoms with Crippen molar-refractivity contribution in [3.63, 3.8) is 0 Å². The minimum absolute atomic E-state index is 0.0954. The van der Waals surface area contributed by atoms with Gasteiger partial charge in [-0.25, -0.2) is 0 Å². The van der Waals surface area contributed by atoms with E-state index < -0.39 is 6.10 Å². The summed E-state index contributed by atoms with van der Waals surface area (Å²) in [6.45, 7) is 6.59.